The fourth-order valence-electron chi connectivity index (χ4n) is 1.52. The molecule has 0 bridgehead atoms. The summed E-state index contributed by atoms with van der Waals surface area (Å²) in [7, 11) is 1.55. The van der Waals surface area contributed by atoms with Crippen LogP contribution < -0.4 is 10.1 Å². The van der Waals surface area contributed by atoms with E-state index in [0.717, 1.165) is 0 Å². The van der Waals surface area contributed by atoms with Gasteiger partial charge in [-0.15, -0.1) is 0 Å². The highest BCUT2D eigenvalue weighted by Gasteiger charge is 2.20. The molecule has 17 heavy (non-hydrogen) atoms. The molecule has 0 aliphatic rings. The highest BCUT2D eigenvalue weighted by atomic mass is 16.5. The molecule has 0 unspecified atom stereocenters. The van der Waals surface area contributed by atoms with Gasteiger partial charge < -0.3 is 20.3 Å². The number of nitrogens with one attached hydrogen (secondary N) is 1. The summed E-state index contributed by atoms with van der Waals surface area (Å²) in [5.74, 6) is 0.387. The molecule has 2 atom stereocenters. The summed E-state index contributed by atoms with van der Waals surface area (Å²) < 4.78 is 5.00. The van der Waals surface area contributed by atoms with Crippen molar-refractivity contribution < 1.29 is 19.7 Å². The normalized spacial score (nSPS) is 13.9. The molecule has 5 nitrogen and oxygen atoms in total. The Balaban J connectivity index is 2.78. The van der Waals surface area contributed by atoms with Gasteiger partial charge >= 0.3 is 0 Å². The van der Waals surface area contributed by atoms with Crippen LogP contribution >= 0.6 is 0 Å². The molecule has 1 amide bonds. The molecule has 0 saturated heterocycles. The predicted molar refractivity (Wildman–Crippen MR) is 62.6 cm³/mol. The van der Waals surface area contributed by atoms with Crippen LogP contribution in [0.25, 0.3) is 0 Å². The highest BCUT2D eigenvalue weighted by Crippen LogP contribution is 2.20. The summed E-state index contributed by atoms with van der Waals surface area (Å²) in [4.78, 5) is 10.9. The zero-order valence-corrected chi connectivity index (χ0v) is 9.88. The average molecular weight is 239 g/mol. The second-order valence-electron chi connectivity index (χ2n) is 3.71. The van der Waals surface area contributed by atoms with E-state index in [0.29, 0.717) is 11.3 Å². The zero-order chi connectivity index (χ0) is 12.8. The van der Waals surface area contributed by atoms with Crippen molar-refractivity contribution in [1.82, 2.24) is 5.32 Å². The first-order chi connectivity index (χ1) is 8.08. The van der Waals surface area contributed by atoms with Gasteiger partial charge in [0, 0.05) is 6.92 Å². The summed E-state index contributed by atoms with van der Waals surface area (Å²) in [6, 6.07) is 6.09. The third-order valence-corrected chi connectivity index (χ3v) is 2.42. The lowest BCUT2D eigenvalue weighted by atomic mass is 10.0. The van der Waals surface area contributed by atoms with Gasteiger partial charge in [0.2, 0.25) is 5.91 Å². The number of aliphatic hydroxyl groups excluding tert-OH is 2. The summed E-state index contributed by atoms with van der Waals surface area (Å²) in [6.45, 7) is 1.01. The molecule has 1 aromatic carbocycles. The van der Waals surface area contributed by atoms with Gasteiger partial charge in [-0.25, -0.2) is 0 Å². The maximum atomic E-state index is 10.9. The van der Waals surface area contributed by atoms with Crippen LogP contribution in [0, 0.1) is 0 Å². The Kier molecular flexibility index (Phi) is 4.93. The Labute approximate surface area is 100 Å². The van der Waals surface area contributed by atoms with E-state index >= 15 is 0 Å². The van der Waals surface area contributed by atoms with Crippen LogP contribution in [-0.2, 0) is 4.79 Å². The molecule has 0 spiro atoms. The largest absolute Gasteiger partial charge is 0.497 e. The monoisotopic (exact) mass is 239 g/mol. The van der Waals surface area contributed by atoms with Crippen LogP contribution in [0.5, 0.6) is 5.75 Å². The minimum atomic E-state index is -0.949. The van der Waals surface area contributed by atoms with Crippen LogP contribution in [0.2, 0.25) is 0 Å². The van der Waals surface area contributed by atoms with Gasteiger partial charge in [0.1, 0.15) is 11.9 Å². The molecule has 0 aromatic heterocycles. The van der Waals surface area contributed by atoms with Gasteiger partial charge in [0.05, 0.1) is 19.8 Å². The Morgan fingerprint density at radius 3 is 2.41 bits per heavy atom. The minimum Gasteiger partial charge on any atom is -0.497 e. The molecule has 0 aliphatic carbocycles. The Morgan fingerprint density at radius 2 is 2.00 bits per heavy atom. The number of hydrogen-bond donors (Lipinski definition) is 3. The van der Waals surface area contributed by atoms with Gasteiger partial charge in [0.25, 0.3) is 0 Å². The van der Waals surface area contributed by atoms with E-state index in [1.54, 1.807) is 31.4 Å². The molecule has 1 rings (SSSR count). The van der Waals surface area contributed by atoms with E-state index in [9.17, 15) is 9.90 Å². The van der Waals surface area contributed by atoms with Gasteiger partial charge in [0.15, 0.2) is 0 Å². The number of carbonyl (C=O) groups excluding carboxylic acids is 1. The number of aliphatic hydroxyl groups is 2. The second-order valence-corrected chi connectivity index (χ2v) is 3.71. The van der Waals surface area contributed by atoms with Gasteiger partial charge in [-0.3, -0.25) is 4.79 Å². The lowest BCUT2D eigenvalue weighted by Crippen LogP contribution is -2.40. The maximum absolute atomic E-state index is 10.9. The predicted octanol–water partition coefficient (Wildman–Crippen LogP) is 0.226. The molecular formula is C12H17NO4. The van der Waals surface area contributed by atoms with Crippen LogP contribution in [0.4, 0.5) is 0 Å². The smallest absolute Gasteiger partial charge is 0.217 e. The van der Waals surface area contributed by atoms with Crippen LogP contribution in [0.15, 0.2) is 24.3 Å². The number of benzene rings is 1. The molecular weight excluding hydrogens is 222 g/mol. The topological polar surface area (TPSA) is 78.8 Å². The third kappa shape index (κ3) is 3.72. The van der Waals surface area contributed by atoms with Gasteiger partial charge in [-0.05, 0) is 17.7 Å². The fraction of sp³-hybridized carbons (Fsp3) is 0.417. The maximum Gasteiger partial charge on any atom is 0.217 e. The van der Waals surface area contributed by atoms with Crippen LogP contribution in [0.1, 0.15) is 18.6 Å². The lowest BCUT2D eigenvalue weighted by Gasteiger charge is -2.22. The van der Waals surface area contributed by atoms with Crippen molar-refractivity contribution in [2.75, 3.05) is 13.7 Å². The van der Waals surface area contributed by atoms with Gasteiger partial charge in [-0.2, -0.15) is 0 Å². The molecule has 0 aliphatic heterocycles. The van der Waals surface area contributed by atoms with Gasteiger partial charge in [-0.1, -0.05) is 12.1 Å². The van der Waals surface area contributed by atoms with Crippen LogP contribution in [0.3, 0.4) is 0 Å². The van der Waals surface area contributed by atoms with E-state index in [4.69, 9.17) is 9.84 Å². The number of hydrogen-bond acceptors (Lipinski definition) is 4. The molecule has 5 heteroatoms. The first-order valence-corrected chi connectivity index (χ1v) is 5.28. The first-order valence-electron chi connectivity index (χ1n) is 5.28. The number of amides is 1. The number of rotatable bonds is 5. The Hall–Kier alpha value is -1.59. The summed E-state index contributed by atoms with van der Waals surface area (Å²) in [5.41, 5.74) is 0.610. The Morgan fingerprint density at radius 1 is 1.41 bits per heavy atom. The highest BCUT2D eigenvalue weighted by molar-refractivity contribution is 5.73. The van der Waals surface area contributed by atoms with E-state index in [1.807, 2.05) is 0 Å². The zero-order valence-electron chi connectivity index (χ0n) is 9.88. The molecule has 94 valence electrons. The molecule has 0 saturated carbocycles. The van der Waals surface area contributed by atoms with E-state index in [-0.39, 0.29) is 12.5 Å². The van der Waals surface area contributed by atoms with E-state index in [2.05, 4.69) is 5.32 Å². The molecule has 3 N–H and O–H groups in total. The van der Waals surface area contributed by atoms with Crippen LogP contribution in [-0.4, -0.2) is 35.9 Å². The standard InChI is InChI=1S/C12H17NO4/c1-8(15)13-11(7-14)12(16)9-3-5-10(17-2)6-4-9/h3-6,11-12,14,16H,7H2,1-2H3,(H,13,15)/t11-,12+/m1/s1. The van der Waals surface area contributed by atoms with Crippen molar-refractivity contribution in [3.8, 4) is 5.75 Å². The van der Waals surface area contributed by atoms with Crippen molar-refractivity contribution in [2.45, 2.75) is 19.1 Å². The van der Waals surface area contributed by atoms with Crippen molar-refractivity contribution in [1.29, 1.82) is 0 Å². The molecule has 0 heterocycles. The third-order valence-electron chi connectivity index (χ3n) is 2.42. The summed E-state index contributed by atoms with van der Waals surface area (Å²) >= 11 is 0. The average Bonchev–Trinajstić information content (AvgIpc) is 2.35. The minimum absolute atomic E-state index is 0.295. The number of carbonyl (C=O) groups is 1. The number of methoxy groups -OCH3 is 1. The lowest BCUT2D eigenvalue weighted by molar-refractivity contribution is -0.121. The first kappa shape index (κ1) is 13.5. The molecule has 0 fully saturated rings. The quantitative estimate of drug-likeness (QED) is 0.687. The molecule has 1 aromatic rings. The SMILES string of the molecule is COc1ccc([C@H](O)[C@@H](CO)NC(C)=O)cc1. The summed E-state index contributed by atoms with van der Waals surface area (Å²) in [6.07, 6.45) is -0.949. The van der Waals surface area contributed by atoms with E-state index in [1.165, 1.54) is 6.92 Å². The van der Waals surface area contributed by atoms with E-state index < -0.39 is 12.1 Å². The summed E-state index contributed by atoms with van der Waals surface area (Å²) in [5, 5.41) is 21.6. The van der Waals surface area contributed by atoms with Crippen molar-refractivity contribution in [3.05, 3.63) is 29.8 Å². The van der Waals surface area contributed by atoms with Crippen molar-refractivity contribution in [3.63, 3.8) is 0 Å². The van der Waals surface area contributed by atoms with Crippen molar-refractivity contribution in [2.24, 2.45) is 0 Å². The Bertz CT molecular complexity index is 363. The molecule has 0 radical (unpaired) electrons. The number of ether oxygens (including phenoxy) is 1. The van der Waals surface area contributed by atoms with Crippen molar-refractivity contribution >= 4 is 5.91 Å². The fourth-order valence-corrected chi connectivity index (χ4v) is 1.52. The second kappa shape index (κ2) is 6.22.